The van der Waals surface area contributed by atoms with Crippen LogP contribution in [0.1, 0.15) is 37.2 Å². The Morgan fingerprint density at radius 2 is 1.04 bits per heavy atom. The molecule has 0 N–H and O–H groups in total. The highest BCUT2D eigenvalue weighted by Gasteiger charge is 2.41. The number of hydrogen-bond acceptors (Lipinski definition) is 4. The van der Waals surface area contributed by atoms with Crippen molar-refractivity contribution in [3.05, 3.63) is 71.8 Å². The summed E-state index contributed by atoms with van der Waals surface area (Å²) < 4.78 is 17.9. The van der Waals surface area contributed by atoms with Gasteiger partial charge >= 0.3 is 0 Å². The van der Waals surface area contributed by atoms with Gasteiger partial charge in [-0.2, -0.15) is 0 Å². The highest BCUT2D eigenvalue weighted by atomic mass is 31.2. The summed E-state index contributed by atoms with van der Waals surface area (Å²) in [6.45, 7) is 4.55. The Morgan fingerprint density at radius 3 is 1.39 bits per heavy atom. The van der Waals surface area contributed by atoms with Gasteiger partial charge in [0, 0.05) is 24.4 Å². The van der Waals surface area contributed by atoms with Gasteiger partial charge in [-0.1, -0.05) is 60.7 Å². The van der Waals surface area contributed by atoms with Gasteiger partial charge in [-0.15, -0.1) is 0 Å². The van der Waals surface area contributed by atoms with Crippen LogP contribution < -0.4 is 0 Å². The van der Waals surface area contributed by atoms with Crippen molar-refractivity contribution in [3.8, 4) is 0 Å². The van der Waals surface area contributed by atoms with Crippen LogP contribution in [0.3, 0.4) is 0 Å². The predicted molar refractivity (Wildman–Crippen MR) is 119 cm³/mol. The number of rotatable bonds is 5. The Hall–Kier alpha value is -0.860. The largest absolute Gasteiger partial charge is 0.334 e. The average molecular weight is 416 g/mol. The summed E-state index contributed by atoms with van der Waals surface area (Å²) in [7, 11) is 3.25. The van der Waals surface area contributed by atoms with Crippen molar-refractivity contribution < 1.29 is 9.05 Å². The third-order valence-corrected chi connectivity index (χ3v) is 10.6. The van der Waals surface area contributed by atoms with E-state index in [4.69, 9.17) is 9.05 Å². The molecule has 28 heavy (non-hydrogen) atoms. The molecule has 6 heteroatoms. The number of hydrogen-bond donors (Lipinski definition) is 0. The van der Waals surface area contributed by atoms with E-state index in [2.05, 4.69) is 97.9 Å². The lowest BCUT2D eigenvalue weighted by atomic mass is 10.0. The number of likely N-dealkylation sites (N-methyl/N-ethyl adjacent to an activating group) is 2. The van der Waals surface area contributed by atoms with Gasteiger partial charge < -0.3 is 9.05 Å². The normalized spacial score (nSPS) is 34.1. The molecule has 4 nitrogen and oxygen atoms in total. The molecule has 6 atom stereocenters. The second kappa shape index (κ2) is 8.88. The molecule has 0 aromatic heterocycles. The predicted octanol–water partition coefficient (Wildman–Crippen LogP) is 5.79. The van der Waals surface area contributed by atoms with Crippen LogP contribution in [0.4, 0.5) is 0 Å². The molecule has 0 aliphatic carbocycles. The molecule has 0 saturated carbocycles. The van der Waals surface area contributed by atoms with Crippen LogP contribution in [0.5, 0.6) is 0 Å². The molecular formula is C22H30N2O2P2. The third kappa shape index (κ3) is 4.05. The summed E-state index contributed by atoms with van der Waals surface area (Å²) in [6.07, 6.45) is 2.46. The highest BCUT2D eigenvalue weighted by molar-refractivity contribution is 7.54. The van der Waals surface area contributed by atoms with Crippen molar-refractivity contribution in [1.82, 2.24) is 9.34 Å². The van der Waals surface area contributed by atoms with Gasteiger partial charge in [-0.25, -0.2) is 0 Å². The van der Waals surface area contributed by atoms with E-state index in [9.17, 15) is 0 Å². The van der Waals surface area contributed by atoms with E-state index in [0.29, 0.717) is 12.1 Å². The van der Waals surface area contributed by atoms with E-state index >= 15 is 0 Å². The van der Waals surface area contributed by atoms with Crippen LogP contribution in [0.15, 0.2) is 60.7 Å². The highest BCUT2D eigenvalue weighted by Crippen LogP contribution is 2.60. The lowest BCUT2D eigenvalue weighted by Crippen LogP contribution is -2.24. The second-order valence-corrected chi connectivity index (χ2v) is 11.6. The smallest absolute Gasteiger partial charge is 0.105 e. The minimum absolute atomic E-state index is 0.170. The molecule has 2 aromatic carbocycles. The van der Waals surface area contributed by atoms with Crippen LogP contribution in [-0.4, -0.2) is 47.8 Å². The summed E-state index contributed by atoms with van der Waals surface area (Å²) in [6, 6.07) is 22.0. The van der Waals surface area contributed by atoms with Crippen molar-refractivity contribution in [2.24, 2.45) is 0 Å². The SMILES string of the molecule is CC1C(c2ccccc2)OP(CCP2OC(c3ccccc3)C(C)N2C)N1C. The van der Waals surface area contributed by atoms with Gasteiger partial charge in [0.1, 0.15) is 28.8 Å². The molecule has 4 rings (SSSR count). The van der Waals surface area contributed by atoms with Crippen LogP contribution >= 0.6 is 16.6 Å². The van der Waals surface area contributed by atoms with E-state index in [1.54, 1.807) is 0 Å². The molecule has 2 saturated heterocycles. The van der Waals surface area contributed by atoms with E-state index in [1.165, 1.54) is 11.1 Å². The molecule has 2 aliphatic rings. The second-order valence-electron chi connectivity index (χ2n) is 7.65. The topological polar surface area (TPSA) is 24.9 Å². The molecule has 2 aromatic rings. The Balaban J connectivity index is 1.38. The van der Waals surface area contributed by atoms with Crippen molar-refractivity contribution in [2.75, 3.05) is 26.4 Å². The molecule has 2 heterocycles. The van der Waals surface area contributed by atoms with E-state index in [0.717, 1.165) is 12.3 Å². The number of nitrogens with zero attached hydrogens (tertiary/aromatic N) is 2. The van der Waals surface area contributed by atoms with Crippen LogP contribution in [0, 0.1) is 0 Å². The zero-order valence-electron chi connectivity index (χ0n) is 17.1. The van der Waals surface area contributed by atoms with E-state index in [-0.39, 0.29) is 12.2 Å². The zero-order chi connectivity index (χ0) is 19.7. The fourth-order valence-electron chi connectivity index (χ4n) is 3.94. The first-order valence-electron chi connectivity index (χ1n) is 10.00. The molecule has 6 unspecified atom stereocenters. The summed E-state index contributed by atoms with van der Waals surface area (Å²) in [5.41, 5.74) is 2.56. The molecule has 0 bridgehead atoms. The molecule has 0 radical (unpaired) electrons. The van der Waals surface area contributed by atoms with Crippen molar-refractivity contribution in [1.29, 1.82) is 0 Å². The Labute approximate surface area is 171 Å². The lowest BCUT2D eigenvalue weighted by Gasteiger charge is -2.24. The minimum atomic E-state index is -0.584. The quantitative estimate of drug-likeness (QED) is 0.576. The van der Waals surface area contributed by atoms with Gasteiger partial charge in [0.25, 0.3) is 0 Å². The summed E-state index contributed by atoms with van der Waals surface area (Å²) in [5, 5.41) is 0. The van der Waals surface area contributed by atoms with Gasteiger partial charge in [-0.3, -0.25) is 9.34 Å². The van der Waals surface area contributed by atoms with Gasteiger partial charge in [-0.05, 0) is 39.1 Å². The van der Waals surface area contributed by atoms with E-state index in [1.807, 2.05) is 0 Å². The number of benzene rings is 2. The van der Waals surface area contributed by atoms with E-state index < -0.39 is 16.6 Å². The van der Waals surface area contributed by atoms with Crippen molar-refractivity contribution in [3.63, 3.8) is 0 Å². The van der Waals surface area contributed by atoms with Crippen molar-refractivity contribution in [2.45, 2.75) is 38.1 Å². The molecule has 2 fully saturated rings. The zero-order valence-corrected chi connectivity index (χ0v) is 18.9. The standard InChI is InChI=1S/C22H30N2O2P2/c1-17-21(19-11-7-5-8-12-19)25-27(23(17)3)15-16-28-24(4)18(2)22(26-28)20-13-9-6-10-14-20/h5-14,17-18,21-22H,15-16H2,1-4H3. The molecular weight excluding hydrogens is 386 g/mol. The fourth-order valence-corrected chi connectivity index (χ4v) is 8.62. The fraction of sp³-hybridized carbons (Fsp3) is 0.455. The lowest BCUT2D eigenvalue weighted by molar-refractivity contribution is 0.216. The maximum atomic E-state index is 6.53. The van der Waals surface area contributed by atoms with Crippen LogP contribution in [-0.2, 0) is 9.05 Å². The molecule has 0 spiro atoms. The monoisotopic (exact) mass is 416 g/mol. The third-order valence-electron chi connectivity index (χ3n) is 5.97. The molecule has 150 valence electrons. The molecule has 0 amide bonds. The Morgan fingerprint density at radius 1 is 0.679 bits per heavy atom. The summed E-state index contributed by atoms with van der Waals surface area (Å²) in [5.74, 6) is 0. The van der Waals surface area contributed by atoms with Crippen molar-refractivity contribution >= 4 is 16.6 Å². The Kier molecular flexibility index (Phi) is 6.47. The first-order valence-corrected chi connectivity index (χ1v) is 12.8. The summed E-state index contributed by atoms with van der Waals surface area (Å²) in [4.78, 5) is 0. The van der Waals surface area contributed by atoms with Crippen LogP contribution in [0.25, 0.3) is 0 Å². The van der Waals surface area contributed by atoms with Gasteiger partial charge in [0.05, 0.1) is 0 Å². The average Bonchev–Trinajstić information content (AvgIpc) is 3.18. The molecule has 2 aliphatic heterocycles. The van der Waals surface area contributed by atoms with Gasteiger partial charge in [0.2, 0.25) is 0 Å². The first-order chi connectivity index (χ1) is 13.6. The first kappa shape index (κ1) is 20.4. The maximum Gasteiger partial charge on any atom is 0.105 e. The van der Waals surface area contributed by atoms with Gasteiger partial charge in [0.15, 0.2) is 0 Å². The summed E-state index contributed by atoms with van der Waals surface area (Å²) >= 11 is 0. The Bertz CT molecular complexity index is 698. The van der Waals surface area contributed by atoms with Crippen LogP contribution in [0.2, 0.25) is 0 Å². The minimum Gasteiger partial charge on any atom is -0.334 e. The maximum absolute atomic E-state index is 6.53.